The van der Waals surface area contributed by atoms with Gasteiger partial charge in [0.1, 0.15) is 12.4 Å². The summed E-state index contributed by atoms with van der Waals surface area (Å²) in [5.74, 6) is 0.960. The molecule has 128 valence electrons. The van der Waals surface area contributed by atoms with E-state index >= 15 is 0 Å². The molecule has 1 aliphatic heterocycles. The number of rotatable bonds is 6. The van der Waals surface area contributed by atoms with Crippen LogP contribution in [0.5, 0.6) is 5.75 Å². The van der Waals surface area contributed by atoms with Gasteiger partial charge in [0.15, 0.2) is 0 Å². The van der Waals surface area contributed by atoms with Crippen LogP contribution in [0.4, 0.5) is 0 Å². The molecule has 0 radical (unpaired) electrons. The van der Waals surface area contributed by atoms with E-state index in [1.54, 1.807) is 0 Å². The Balaban J connectivity index is 1.64. The van der Waals surface area contributed by atoms with Crippen LogP contribution in [0.15, 0.2) is 54.6 Å². The monoisotopic (exact) mass is 325 g/mol. The minimum atomic E-state index is 0.257. The van der Waals surface area contributed by atoms with E-state index in [0.717, 1.165) is 25.2 Å². The van der Waals surface area contributed by atoms with Crippen molar-refractivity contribution in [2.45, 2.75) is 51.5 Å². The Hall–Kier alpha value is -1.84. The van der Waals surface area contributed by atoms with E-state index in [-0.39, 0.29) is 6.04 Å². The Bertz CT molecular complexity index is 629. The number of ether oxygens (including phenoxy) is 2. The van der Waals surface area contributed by atoms with Crippen LogP contribution in [-0.2, 0) is 11.3 Å². The molecule has 1 N–H and O–H groups in total. The third kappa shape index (κ3) is 4.59. The van der Waals surface area contributed by atoms with Crippen molar-refractivity contribution in [3.8, 4) is 5.75 Å². The van der Waals surface area contributed by atoms with Crippen LogP contribution in [0, 0.1) is 0 Å². The van der Waals surface area contributed by atoms with Gasteiger partial charge in [-0.3, -0.25) is 0 Å². The van der Waals surface area contributed by atoms with E-state index in [0.29, 0.717) is 18.8 Å². The lowest BCUT2D eigenvalue weighted by Gasteiger charge is -2.31. The molecule has 3 rings (SSSR count). The topological polar surface area (TPSA) is 30.5 Å². The first kappa shape index (κ1) is 17.0. The molecule has 2 aromatic carbocycles. The van der Waals surface area contributed by atoms with Crippen LogP contribution in [0.3, 0.4) is 0 Å². The summed E-state index contributed by atoms with van der Waals surface area (Å²) in [7, 11) is 0. The van der Waals surface area contributed by atoms with Crippen molar-refractivity contribution >= 4 is 0 Å². The van der Waals surface area contributed by atoms with Crippen LogP contribution in [0.25, 0.3) is 0 Å². The molecule has 3 nitrogen and oxygen atoms in total. The highest BCUT2D eigenvalue weighted by molar-refractivity contribution is 5.36. The van der Waals surface area contributed by atoms with Crippen molar-refractivity contribution in [3.63, 3.8) is 0 Å². The molecule has 3 heteroatoms. The van der Waals surface area contributed by atoms with Gasteiger partial charge in [-0.2, -0.15) is 0 Å². The second-order valence-electron chi connectivity index (χ2n) is 6.60. The van der Waals surface area contributed by atoms with Crippen molar-refractivity contribution < 1.29 is 9.47 Å². The largest absolute Gasteiger partial charge is 0.489 e. The van der Waals surface area contributed by atoms with Gasteiger partial charge in [0.05, 0.1) is 6.10 Å². The molecule has 0 bridgehead atoms. The molecule has 1 heterocycles. The molecule has 1 fully saturated rings. The van der Waals surface area contributed by atoms with Gasteiger partial charge in [-0.25, -0.2) is 0 Å². The quantitative estimate of drug-likeness (QED) is 0.849. The van der Waals surface area contributed by atoms with Crippen molar-refractivity contribution in [2.75, 3.05) is 6.61 Å². The zero-order valence-corrected chi connectivity index (χ0v) is 14.6. The van der Waals surface area contributed by atoms with Crippen molar-refractivity contribution in [1.29, 1.82) is 0 Å². The standard InChI is InChI=1S/C21H27NO2/c1-16-14-19(12-13-23-16)22-17(2)20-10-6-7-11-21(20)24-15-18-8-4-3-5-9-18/h3-11,16-17,19,22H,12-15H2,1-2H3. The van der Waals surface area contributed by atoms with E-state index in [1.807, 2.05) is 24.3 Å². The lowest BCUT2D eigenvalue weighted by molar-refractivity contribution is 0.0115. The highest BCUT2D eigenvalue weighted by atomic mass is 16.5. The average Bonchev–Trinajstić information content (AvgIpc) is 2.61. The molecule has 0 saturated carbocycles. The van der Waals surface area contributed by atoms with Gasteiger partial charge in [0.2, 0.25) is 0 Å². The Labute approximate surface area is 145 Å². The average molecular weight is 325 g/mol. The molecule has 1 aliphatic rings. The lowest BCUT2D eigenvalue weighted by atomic mass is 10.0. The highest BCUT2D eigenvalue weighted by Crippen LogP contribution is 2.27. The maximum atomic E-state index is 6.09. The molecule has 3 unspecified atom stereocenters. The molecular formula is C21H27NO2. The maximum Gasteiger partial charge on any atom is 0.124 e. The van der Waals surface area contributed by atoms with Crippen molar-refractivity contribution in [3.05, 3.63) is 65.7 Å². The summed E-state index contributed by atoms with van der Waals surface area (Å²) in [6, 6.07) is 19.4. The predicted molar refractivity (Wildman–Crippen MR) is 97.2 cm³/mol. The van der Waals surface area contributed by atoms with Crippen LogP contribution < -0.4 is 10.1 Å². The van der Waals surface area contributed by atoms with Crippen LogP contribution in [0.2, 0.25) is 0 Å². The molecular weight excluding hydrogens is 298 g/mol. The zero-order chi connectivity index (χ0) is 16.8. The summed E-state index contributed by atoms with van der Waals surface area (Å²) in [5.41, 5.74) is 2.40. The van der Waals surface area contributed by atoms with E-state index in [1.165, 1.54) is 11.1 Å². The van der Waals surface area contributed by atoms with Crippen LogP contribution >= 0.6 is 0 Å². The summed E-state index contributed by atoms with van der Waals surface area (Å²) >= 11 is 0. The van der Waals surface area contributed by atoms with Crippen molar-refractivity contribution in [1.82, 2.24) is 5.32 Å². The SMILES string of the molecule is CC1CC(NC(C)c2ccccc2OCc2ccccc2)CCO1. The summed E-state index contributed by atoms with van der Waals surface area (Å²) < 4.78 is 11.7. The first-order chi connectivity index (χ1) is 11.7. The Kier molecular flexibility index (Phi) is 5.89. The summed E-state index contributed by atoms with van der Waals surface area (Å²) in [4.78, 5) is 0. The van der Waals surface area contributed by atoms with Gasteiger partial charge >= 0.3 is 0 Å². The fraction of sp³-hybridized carbons (Fsp3) is 0.429. The Morgan fingerprint density at radius 3 is 2.67 bits per heavy atom. The fourth-order valence-electron chi connectivity index (χ4n) is 3.30. The number of hydrogen-bond acceptors (Lipinski definition) is 3. The molecule has 2 aromatic rings. The number of hydrogen-bond donors (Lipinski definition) is 1. The molecule has 0 spiro atoms. The first-order valence-electron chi connectivity index (χ1n) is 8.85. The number of para-hydroxylation sites is 1. The minimum Gasteiger partial charge on any atom is -0.489 e. The number of nitrogens with one attached hydrogen (secondary N) is 1. The maximum absolute atomic E-state index is 6.09. The van der Waals surface area contributed by atoms with Gasteiger partial charge in [-0.05, 0) is 38.3 Å². The van der Waals surface area contributed by atoms with E-state index < -0.39 is 0 Å². The lowest BCUT2D eigenvalue weighted by Crippen LogP contribution is -2.39. The Morgan fingerprint density at radius 2 is 1.88 bits per heavy atom. The molecule has 24 heavy (non-hydrogen) atoms. The van der Waals surface area contributed by atoms with Gasteiger partial charge < -0.3 is 14.8 Å². The zero-order valence-electron chi connectivity index (χ0n) is 14.6. The summed E-state index contributed by atoms with van der Waals surface area (Å²) in [5, 5.41) is 3.74. The summed E-state index contributed by atoms with van der Waals surface area (Å²) in [6.07, 6.45) is 2.48. The summed E-state index contributed by atoms with van der Waals surface area (Å²) in [6.45, 7) is 5.80. The molecule has 0 aliphatic carbocycles. The van der Waals surface area contributed by atoms with Gasteiger partial charge in [0, 0.05) is 24.3 Å². The first-order valence-corrected chi connectivity index (χ1v) is 8.85. The second-order valence-corrected chi connectivity index (χ2v) is 6.60. The third-order valence-electron chi connectivity index (χ3n) is 4.59. The second kappa shape index (κ2) is 8.32. The van der Waals surface area contributed by atoms with Crippen LogP contribution in [-0.4, -0.2) is 18.8 Å². The van der Waals surface area contributed by atoms with Gasteiger partial charge in [-0.1, -0.05) is 48.5 Å². The Morgan fingerprint density at radius 1 is 1.12 bits per heavy atom. The smallest absolute Gasteiger partial charge is 0.124 e. The van der Waals surface area contributed by atoms with Gasteiger partial charge in [0.25, 0.3) is 0 Å². The molecule has 0 aromatic heterocycles. The molecule has 0 amide bonds. The normalized spacial score (nSPS) is 22.1. The third-order valence-corrected chi connectivity index (χ3v) is 4.59. The van der Waals surface area contributed by atoms with Gasteiger partial charge in [-0.15, -0.1) is 0 Å². The fourth-order valence-corrected chi connectivity index (χ4v) is 3.30. The predicted octanol–water partition coefficient (Wildman–Crippen LogP) is 4.48. The minimum absolute atomic E-state index is 0.257. The molecule has 1 saturated heterocycles. The van der Waals surface area contributed by atoms with E-state index in [9.17, 15) is 0 Å². The van der Waals surface area contributed by atoms with E-state index in [4.69, 9.17) is 9.47 Å². The van der Waals surface area contributed by atoms with E-state index in [2.05, 4.69) is 49.5 Å². The molecule has 3 atom stereocenters. The van der Waals surface area contributed by atoms with Crippen LogP contribution in [0.1, 0.15) is 43.9 Å². The highest BCUT2D eigenvalue weighted by Gasteiger charge is 2.22. The van der Waals surface area contributed by atoms with Crippen molar-refractivity contribution in [2.24, 2.45) is 0 Å². The number of benzene rings is 2.